The molecule has 0 radical (unpaired) electrons. The van der Waals surface area contributed by atoms with E-state index in [0.29, 0.717) is 0 Å². The van der Waals surface area contributed by atoms with E-state index in [-0.39, 0.29) is 18.7 Å². The van der Waals surface area contributed by atoms with Gasteiger partial charge in [0, 0.05) is 12.1 Å². The van der Waals surface area contributed by atoms with Gasteiger partial charge in [-0.3, -0.25) is 25.2 Å². The third-order valence-corrected chi connectivity index (χ3v) is 4.80. The Morgan fingerprint density at radius 1 is 0.938 bits per heavy atom. The van der Waals surface area contributed by atoms with Gasteiger partial charge >= 0.3 is 0 Å². The first-order valence-corrected chi connectivity index (χ1v) is 10.2. The van der Waals surface area contributed by atoms with E-state index in [1.54, 1.807) is 6.07 Å². The van der Waals surface area contributed by atoms with Gasteiger partial charge in [0.1, 0.15) is 6.04 Å². The number of nitrogens with one attached hydrogen (secondary N) is 4. The average Bonchev–Trinajstić information content (AvgIpc) is 3.32. The Balaban J connectivity index is 1.57. The molecule has 0 fully saturated rings. The molecule has 1 heterocycles. The Morgan fingerprint density at radius 2 is 1.72 bits per heavy atom. The van der Waals surface area contributed by atoms with Gasteiger partial charge in [0.25, 0.3) is 17.7 Å². The van der Waals surface area contributed by atoms with Crippen LogP contribution in [0.15, 0.2) is 71.3 Å². The number of rotatable bonds is 8. The van der Waals surface area contributed by atoms with Crippen molar-refractivity contribution < 1.29 is 18.8 Å². The second kappa shape index (κ2) is 10.8. The minimum absolute atomic E-state index is 0.0215. The van der Waals surface area contributed by atoms with E-state index in [9.17, 15) is 14.4 Å². The number of anilines is 1. The molecule has 2 aromatic carbocycles. The van der Waals surface area contributed by atoms with Gasteiger partial charge in [-0.05, 0) is 43.2 Å². The van der Waals surface area contributed by atoms with Gasteiger partial charge < -0.3 is 15.1 Å². The molecule has 1 unspecified atom stereocenters. The zero-order valence-electron chi connectivity index (χ0n) is 18.0. The Bertz CT molecular complexity index is 1060. The molecular weight excluding hydrogens is 408 g/mol. The molecule has 1 aromatic heterocycles. The molecular formula is C24H26N4O4. The summed E-state index contributed by atoms with van der Waals surface area (Å²) in [4.78, 5) is 37.3. The minimum atomic E-state index is -0.914. The second-order valence-electron chi connectivity index (χ2n) is 7.40. The van der Waals surface area contributed by atoms with Crippen molar-refractivity contribution in [3.63, 3.8) is 0 Å². The third-order valence-electron chi connectivity index (χ3n) is 4.80. The van der Waals surface area contributed by atoms with Crippen molar-refractivity contribution in [2.75, 3.05) is 11.9 Å². The summed E-state index contributed by atoms with van der Waals surface area (Å²) in [5, 5.41) is 5.69. The molecule has 0 spiro atoms. The van der Waals surface area contributed by atoms with E-state index >= 15 is 0 Å². The summed E-state index contributed by atoms with van der Waals surface area (Å²) in [6, 6.07) is 17.3. The first-order chi connectivity index (χ1) is 15.4. The van der Waals surface area contributed by atoms with Crippen LogP contribution in [-0.4, -0.2) is 30.3 Å². The summed E-state index contributed by atoms with van der Waals surface area (Å²) in [6.07, 6.45) is 1.62. The maximum Gasteiger partial charge on any atom is 0.287 e. The molecule has 0 aliphatic carbocycles. The normalized spacial score (nSPS) is 11.3. The molecule has 8 heteroatoms. The van der Waals surface area contributed by atoms with E-state index in [2.05, 4.69) is 21.5 Å². The highest BCUT2D eigenvalue weighted by Gasteiger charge is 2.23. The maximum absolute atomic E-state index is 12.7. The summed E-state index contributed by atoms with van der Waals surface area (Å²) in [5.74, 6) is -1.39. The predicted octanol–water partition coefficient (Wildman–Crippen LogP) is 2.50. The molecule has 0 aliphatic heterocycles. The van der Waals surface area contributed by atoms with Crippen LogP contribution < -0.4 is 21.5 Å². The number of carbonyl (C=O) groups excluding carboxylic acids is 3. The average molecular weight is 434 g/mol. The van der Waals surface area contributed by atoms with Crippen LogP contribution in [0.1, 0.15) is 27.2 Å². The van der Waals surface area contributed by atoms with E-state index in [4.69, 9.17) is 4.42 Å². The van der Waals surface area contributed by atoms with Gasteiger partial charge in [-0.1, -0.05) is 48.0 Å². The number of hydrogen-bond acceptors (Lipinski definition) is 5. The fourth-order valence-electron chi connectivity index (χ4n) is 3.15. The number of aryl methyl sites for hydroxylation is 2. The number of carbonyl (C=O) groups is 3. The second-order valence-corrected chi connectivity index (χ2v) is 7.40. The first-order valence-electron chi connectivity index (χ1n) is 10.2. The van der Waals surface area contributed by atoms with Gasteiger partial charge in [0.05, 0.1) is 12.8 Å². The fraction of sp³-hybridized carbons (Fsp3) is 0.208. The van der Waals surface area contributed by atoms with E-state index in [1.165, 1.54) is 12.3 Å². The number of amides is 3. The lowest BCUT2D eigenvalue weighted by Crippen LogP contribution is -2.54. The van der Waals surface area contributed by atoms with Crippen molar-refractivity contribution in [2.45, 2.75) is 26.3 Å². The Morgan fingerprint density at radius 3 is 2.41 bits per heavy atom. The molecule has 0 saturated heterocycles. The zero-order valence-corrected chi connectivity index (χ0v) is 18.0. The van der Waals surface area contributed by atoms with Crippen LogP contribution in [0.4, 0.5) is 5.69 Å². The van der Waals surface area contributed by atoms with Crippen molar-refractivity contribution in [3.8, 4) is 0 Å². The minimum Gasteiger partial charge on any atom is -0.459 e. The van der Waals surface area contributed by atoms with Gasteiger partial charge in [-0.25, -0.2) is 0 Å². The summed E-state index contributed by atoms with van der Waals surface area (Å²) < 4.78 is 5.09. The molecule has 0 saturated carbocycles. The van der Waals surface area contributed by atoms with Crippen LogP contribution in [-0.2, 0) is 16.0 Å². The molecule has 0 aliphatic rings. The molecule has 1 atom stereocenters. The zero-order chi connectivity index (χ0) is 22.9. The van der Waals surface area contributed by atoms with E-state index in [1.807, 2.05) is 62.4 Å². The van der Waals surface area contributed by atoms with Crippen molar-refractivity contribution in [1.82, 2.24) is 16.2 Å². The lowest BCUT2D eigenvalue weighted by molar-refractivity contribution is -0.129. The number of hydrazine groups is 1. The highest BCUT2D eigenvalue weighted by Crippen LogP contribution is 2.15. The van der Waals surface area contributed by atoms with Crippen molar-refractivity contribution in [3.05, 3.63) is 89.4 Å². The molecule has 4 N–H and O–H groups in total. The standard InChI is InChI=1S/C24H26N4O4/c1-16-10-11-19(17(2)13-16)25-15-22(29)27-28-23(30)20(14-18-7-4-3-5-8-18)26-24(31)21-9-6-12-32-21/h3-13,20,25H,14-15H2,1-2H3,(H,26,31)(H,27,29)(H,28,30). The van der Waals surface area contributed by atoms with Crippen molar-refractivity contribution >= 4 is 23.4 Å². The molecule has 3 rings (SSSR count). The van der Waals surface area contributed by atoms with Gasteiger partial charge in [0.2, 0.25) is 0 Å². The highest BCUT2D eigenvalue weighted by molar-refractivity contribution is 5.96. The molecule has 3 aromatic rings. The van der Waals surface area contributed by atoms with Crippen LogP contribution in [0.25, 0.3) is 0 Å². The molecule has 166 valence electrons. The number of hydrogen-bond donors (Lipinski definition) is 4. The molecule has 0 bridgehead atoms. The van der Waals surface area contributed by atoms with Crippen LogP contribution >= 0.6 is 0 Å². The smallest absolute Gasteiger partial charge is 0.287 e. The summed E-state index contributed by atoms with van der Waals surface area (Å²) >= 11 is 0. The highest BCUT2D eigenvalue weighted by atomic mass is 16.3. The fourth-order valence-corrected chi connectivity index (χ4v) is 3.15. The van der Waals surface area contributed by atoms with Crippen LogP contribution in [0.5, 0.6) is 0 Å². The predicted molar refractivity (Wildman–Crippen MR) is 121 cm³/mol. The summed E-state index contributed by atoms with van der Waals surface area (Å²) in [5.41, 5.74) is 8.62. The van der Waals surface area contributed by atoms with Crippen LogP contribution in [0.3, 0.4) is 0 Å². The molecule has 3 amide bonds. The SMILES string of the molecule is Cc1ccc(NCC(=O)NNC(=O)C(Cc2ccccc2)NC(=O)c2ccco2)c(C)c1. The van der Waals surface area contributed by atoms with E-state index < -0.39 is 23.8 Å². The quantitative estimate of drug-likeness (QED) is 0.407. The Labute approximate surface area is 186 Å². The summed E-state index contributed by atoms with van der Waals surface area (Å²) in [7, 11) is 0. The van der Waals surface area contributed by atoms with Gasteiger partial charge in [-0.2, -0.15) is 0 Å². The van der Waals surface area contributed by atoms with Gasteiger partial charge in [-0.15, -0.1) is 0 Å². The lowest BCUT2D eigenvalue weighted by Gasteiger charge is -2.18. The number of furan rings is 1. The van der Waals surface area contributed by atoms with E-state index in [0.717, 1.165) is 22.4 Å². The maximum atomic E-state index is 12.7. The first kappa shape index (κ1) is 22.6. The molecule has 8 nitrogen and oxygen atoms in total. The van der Waals surface area contributed by atoms with Gasteiger partial charge in [0.15, 0.2) is 5.76 Å². The lowest BCUT2D eigenvalue weighted by atomic mass is 10.1. The molecule has 32 heavy (non-hydrogen) atoms. The van der Waals surface area contributed by atoms with Crippen molar-refractivity contribution in [1.29, 1.82) is 0 Å². The Hall–Kier alpha value is -4.07. The number of benzene rings is 2. The topological polar surface area (TPSA) is 112 Å². The van der Waals surface area contributed by atoms with Crippen LogP contribution in [0.2, 0.25) is 0 Å². The largest absolute Gasteiger partial charge is 0.459 e. The Kier molecular flexibility index (Phi) is 7.64. The van der Waals surface area contributed by atoms with Crippen LogP contribution in [0, 0.1) is 13.8 Å². The van der Waals surface area contributed by atoms with Crippen molar-refractivity contribution in [2.24, 2.45) is 0 Å². The third kappa shape index (κ3) is 6.46. The summed E-state index contributed by atoms with van der Waals surface area (Å²) in [6.45, 7) is 3.92. The monoisotopic (exact) mass is 434 g/mol.